The molecule has 2 rings (SSSR count). The van der Waals surface area contributed by atoms with Crippen molar-refractivity contribution in [2.75, 3.05) is 46.2 Å². The fourth-order valence-corrected chi connectivity index (χ4v) is 3.93. The van der Waals surface area contributed by atoms with Crippen molar-refractivity contribution in [1.82, 2.24) is 9.21 Å². The van der Waals surface area contributed by atoms with Crippen molar-refractivity contribution in [3.05, 3.63) is 23.3 Å². The first kappa shape index (κ1) is 18.5. The SMILES string of the molecule is CCS(=O)(=O)N1CCN(C(=O)c2ccc(OC)c(C)c2OC)CC1. The molecule has 0 unspecified atom stereocenters. The first-order chi connectivity index (χ1) is 11.4. The van der Waals surface area contributed by atoms with Gasteiger partial charge < -0.3 is 14.4 Å². The second kappa shape index (κ2) is 7.40. The van der Waals surface area contributed by atoms with Crippen LogP contribution in [0.25, 0.3) is 0 Å². The zero-order valence-corrected chi connectivity index (χ0v) is 15.4. The molecule has 1 aliphatic heterocycles. The van der Waals surface area contributed by atoms with Gasteiger partial charge in [0, 0.05) is 31.7 Å². The number of carbonyl (C=O) groups is 1. The minimum atomic E-state index is -3.21. The number of carbonyl (C=O) groups excluding carboxylic acids is 1. The number of rotatable bonds is 5. The van der Waals surface area contributed by atoms with Crippen LogP contribution in [0.15, 0.2) is 12.1 Å². The topological polar surface area (TPSA) is 76.2 Å². The number of sulfonamides is 1. The third kappa shape index (κ3) is 3.49. The number of piperazine rings is 1. The molecule has 1 fully saturated rings. The molecule has 8 heteroatoms. The molecule has 0 atom stereocenters. The quantitative estimate of drug-likeness (QED) is 0.790. The van der Waals surface area contributed by atoms with Crippen LogP contribution in [0.5, 0.6) is 11.5 Å². The summed E-state index contributed by atoms with van der Waals surface area (Å²) < 4.78 is 35.9. The molecule has 0 spiro atoms. The van der Waals surface area contributed by atoms with Gasteiger partial charge in [-0.05, 0) is 26.0 Å². The van der Waals surface area contributed by atoms with Crippen LogP contribution < -0.4 is 9.47 Å². The molecule has 7 nitrogen and oxygen atoms in total. The molecule has 1 heterocycles. The van der Waals surface area contributed by atoms with Crippen molar-refractivity contribution in [2.45, 2.75) is 13.8 Å². The second-order valence-corrected chi connectivity index (χ2v) is 7.82. The van der Waals surface area contributed by atoms with E-state index >= 15 is 0 Å². The Balaban J connectivity index is 2.18. The first-order valence-corrected chi connectivity index (χ1v) is 9.45. The molecule has 1 amide bonds. The summed E-state index contributed by atoms with van der Waals surface area (Å²) in [4.78, 5) is 14.5. The largest absolute Gasteiger partial charge is 0.496 e. The van der Waals surface area contributed by atoms with Crippen LogP contribution in [0.3, 0.4) is 0 Å². The van der Waals surface area contributed by atoms with Gasteiger partial charge in [-0.2, -0.15) is 4.31 Å². The maximum atomic E-state index is 12.8. The number of methoxy groups -OCH3 is 2. The summed E-state index contributed by atoms with van der Waals surface area (Å²) in [6.45, 7) is 4.83. The van der Waals surface area contributed by atoms with E-state index in [9.17, 15) is 13.2 Å². The van der Waals surface area contributed by atoms with Crippen molar-refractivity contribution in [1.29, 1.82) is 0 Å². The molecule has 1 aromatic rings. The molecule has 0 radical (unpaired) electrons. The van der Waals surface area contributed by atoms with Crippen LogP contribution in [0.2, 0.25) is 0 Å². The fraction of sp³-hybridized carbons (Fsp3) is 0.562. The van der Waals surface area contributed by atoms with Gasteiger partial charge >= 0.3 is 0 Å². The summed E-state index contributed by atoms with van der Waals surface area (Å²) in [5, 5.41) is 0. The molecule has 0 aromatic heterocycles. The number of nitrogens with zero attached hydrogens (tertiary/aromatic N) is 2. The van der Waals surface area contributed by atoms with Crippen LogP contribution in [-0.2, 0) is 10.0 Å². The zero-order chi connectivity index (χ0) is 17.9. The van der Waals surface area contributed by atoms with Crippen molar-refractivity contribution in [3.8, 4) is 11.5 Å². The maximum absolute atomic E-state index is 12.8. The number of hydrogen-bond donors (Lipinski definition) is 0. The lowest BCUT2D eigenvalue weighted by atomic mass is 10.1. The summed E-state index contributed by atoms with van der Waals surface area (Å²) in [5.41, 5.74) is 1.22. The predicted octanol–water partition coefficient (Wildman–Crippen LogP) is 1.12. The van der Waals surface area contributed by atoms with E-state index in [1.807, 2.05) is 6.92 Å². The van der Waals surface area contributed by atoms with Gasteiger partial charge in [-0.25, -0.2) is 8.42 Å². The van der Waals surface area contributed by atoms with E-state index in [4.69, 9.17) is 9.47 Å². The standard InChI is InChI=1S/C16H24N2O5S/c1-5-24(20,21)18-10-8-17(9-11-18)16(19)13-6-7-14(22-3)12(2)15(13)23-4/h6-7H,5,8-11H2,1-4H3. The molecule has 0 aliphatic carbocycles. The Morgan fingerprint density at radius 1 is 1.12 bits per heavy atom. The van der Waals surface area contributed by atoms with E-state index < -0.39 is 10.0 Å². The Labute approximate surface area is 143 Å². The predicted molar refractivity (Wildman–Crippen MR) is 91.2 cm³/mol. The minimum absolute atomic E-state index is 0.0758. The van der Waals surface area contributed by atoms with Crippen molar-refractivity contribution >= 4 is 15.9 Å². The van der Waals surface area contributed by atoms with Crippen molar-refractivity contribution in [3.63, 3.8) is 0 Å². The van der Waals surface area contributed by atoms with E-state index in [-0.39, 0.29) is 11.7 Å². The Bertz CT molecular complexity index is 709. The summed E-state index contributed by atoms with van der Waals surface area (Å²) >= 11 is 0. The first-order valence-electron chi connectivity index (χ1n) is 7.84. The molecule has 1 aliphatic rings. The summed E-state index contributed by atoms with van der Waals surface area (Å²) in [6, 6.07) is 3.42. The molecule has 0 N–H and O–H groups in total. The summed E-state index contributed by atoms with van der Waals surface area (Å²) in [5.74, 6) is 1.06. The molecule has 1 saturated heterocycles. The Morgan fingerprint density at radius 3 is 2.25 bits per heavy atom. The van der Waals surface area contributed by atoms with E-state index in [2.05, 4.69) is 0 Å². The monoisotopic (exact) mass is 356 g/mol. The van der Waals surface area contributed by atoms with Gasteiger partial charge in [0.2, 0.25) is 10.0 Å². The van der Waals surface area contributed by atoms with Crippen molar-refractivity contribution < 1.29 is 22.7 Å². The molecule has 1 aromatic carbocycles. The van der Waals surface area contributed by atoms with Gasteiger partial charge in [0.15, 0.2) is 0 Å². The highest BCUT2D eigenvalue weighted by Crippen LogP contribution is 2.32. The van der Waals surface area contributed by atoms with E-state index in [1.54, 1.807) is 31.1 Å². The van der Waals surface area contributed by atoms with Gasteiger partial charge in [-0.3, -0.25) is 4.79 Å². The zero-order valence-electron chi connectivity index (χ0n) is 14.5. The Hall–Kier alpha value is -1.80. The lowest BCUT2D eigenvalue weighted by Crippen LogP contribution is -2.50. The Kier molecular flexibility index (Phi) is 5.71. The number of ether oxygens (including phenoxy) is 2. The molecule has 24 heavy (non-hydrogen) atoms. The van der Waals surface area contributed by atoms with Crippen LogP contribution in [0.4, 0.5) is 0 Å². The van der Waals surface area contributed by atoms with E-state index in [0.717, 1.165) is 5.56 Å². The molecule has 0 saturated carbocycles. The highest BCUT2D eigenvalue weighted by Gasteiger charge is 2.29. The van der Waals surface area contributed by atoms with Gasteiger partial charge in [0.1, 0.15) is 11.5 Å². The number of benzene rings is 1. The van der Waals surface area contributed by atoms with E-state index in [0.29, 0.717) is 43.2 Å². The average Bonchev–Trinajstić information content (AvgIpc) is 2.60. The van der Waals surface area contributed by atoms with Gasteiger partial charge in [-0.15, -0.1) is 0 Å². The summed E-state index contributed by atoms with van der Waals surface area (Å²) in [7, 11) is -0.125. The highest BCUT2D eigenvalue weighted by atomic mass is 32.2. The summed E-state index contributed by atoms with van der Waals surface area (Å²) in [6.07, 6.45) is 0. The average molecular weight is 356 g/mol. The van der Waals surface area contributed by atoms with Gasteiger partial charge in [-0.1, -0.05) is 0 Å². The maximum Gasteiger partial charge on any atom is 0.257 e. The van der Waals surface area contributed by atoms with Crippen LogP contribution >= 0.6 is 0 Å². The molecular weight excluding hydrogens is 332 g/mol. The lowest BCUT2D eigenvalue weighted by molar-refractivity contribution is 0.0694. The second-order valence-electron chi connectivity index (χ2n) is 5.57. The fourth-order valence-electron chi connectivity index (χ4n) is 2.85. The van der Waals surface area contributed by atoms with Gasteiger partial charge in [0.05, 0.1) is 25.5 Å². The normalized spacial score (nSPS) is 16.1. The van der Waals surface area contributed by atoms with E-state index in [1.165, 1.54) is 11.4 Å². The van der Waals surface area contributed by atoms with Crippen LogP contribution in [0.1, 0.15) is 22.8 Å². The highest BCUT2D eigenvalue weighted by molar-refractivity contribution is 7.89. The van der Waals surface area contributed by atoms with Gasteiger partial charge in [0.25, 0.3) is 5.91 Å². The third-order valence-electron chi connectivity index (χ3n) is 4.29. The van der Waals surface area contributed by atoms with Crippen molar-refractivity contribution in [2.24, 2.45) is 0 Å². The molecular formula is C16H24N2O5S. The number of hydrogen-bond acceptors (Lipinski definition) is 5. The van der Waals surface area contributed by atoms with Crippen LogP contribution in [0, 0.1) is 6.92 Å². The number of amides is 1. The lowest BCUT2D eigenvalue weighted by Gasteiger charge is -2.34. The molecule has 0 bridgehead atoms. The smallest absolute Gasteiger partial charge is 0.257 e. The Morgan fingerprint density at radius 2 is 1.75 bits per heavy atom. The van der Waals surface area contributed by atoms with Crippen LogP contribution in [-0.4, -0.2) is 69.7 Å². The minimum Gasteiger partial charge on any atom is -0.496 e. The molecule has 134 valence electrons. The third-order valence-corrected chi connectivity index (χ3v) is 6.18.